The van der Waals surface area contributed by atoms with Gasteiger partial charge in [-0.25, -0.2) is 0 Å². The van der Waals surface area contributed by atoms with Gasteiger partial charge in [-0.2, -0.15) is 0 Å². The predicted molar refractivity (Wildman–Crippen MR) is 58.5 cm³/mol. The van der Waals surface area contributed by atoms with E-state index in [0.29, 0.717) is 19.8 Å². The highest BCUT2D eigenvalue weighted by Crippen LogP contribution is 2.32. The van der Waals surface area contributed by atoms with E-state index >= 15 is 0 Å². The SMILES string of the molecule is COCCOC1COc2ccccc2C1O. The summed E-state index contributed by atoms with van der Waals surface area (Å²) in [5, 5.41) is 10.1. The third-order valence-electron chi connectivity index (χ3n) is 2.61. The Kier molecular flexibility index (Phi) is 3.77. The number of aliphatic hydroxyl groups is 1. The van der Waals surface area contributed by atoms with Gasteiger partial charge < -0.3 is 19.3 Å². The van der Waals surface area contributed by atoms with Gasteiger partial charge in [-0.1, -0.05) is 18.2 Å². The first-order valence-corrected chi connectivity index (χ1v) is 5.33. The van der Waals surface area contributed by atoms with Crippen LogP contribution in [0, 0.1) is 0 Å². The van der Waals surface area contributed by atoms with Crippen molar-refractivity contribution in [2.45, 2.75) is 12.2 Å². The Bertz CT molecular complexity index is 340. The number of para-hydroxylation sites is 1. The maximum absolute atomic E-state index is 10.1. The third-order valence-corrected chi connectivity index (χ3v) is 2.61. The molecular weight excluding hydrogens is 208 g/mol. The Balaban J connectivity index is 2.00. The molecule has 2 rings (SSSR count). The minimum absolute atomic E-state index is 0.315. The molecule has 2 unspecified atom stereocenters. The van der Waals surface area contributed by atoms with Crippen molar-refractivity contribution >= 4 is 0 Å². The molecule has 0 radical (unpaired) electrons. The number of methoxy groups -OCH3 is 1. The van der Waals surface area contributed by atoms with Crippen LogP contribution in [-0.4, -0.2) is 38.1 Å². The number of aliphatic hydroxyl groups excluding tert-OH is 1. The molecule has 1 heterocycles. The third kappa shape index (κ3) is 2.35. The largest absolute Gasteiger partial charge is 0.490 e. The fraction of sp³-hybridized carbons (Fsp3) is 0.500. The van der Waals surface area contributed by atoms with Crippen LogP contribution in [0.3, 0.4) is 0 Å². The molecule has 0 amide bonds. The maximum atomic E-state index is 10.1. The Morgan fingerprint density at radius 1 is 1.38 bits per heavy atom. The van der Waals surface area contributed by atoms with Crippen molar-refractivity contribution in [3.05, 3.63) is 29.8 Å². The van der Waals surface area contributed by atoms with Gasteiger partial charge in [0.15, 0.2) is 0 Å². The number of rotatable bonds is 4. The Morgan fingerprint density at radius 3 is 3.00 bits per heavy atom. The number of ether oxygens (including phenoxy) is 3. The lowest BCUT2D eigenvalue weighted by molar-refractivity contribution is -0.0820. The van der Waals surface area contributed by atoms with Crippen LogP contribution >= 0.6 is 0 Å². The van der Waals surface area contributed by atoms with Crippen molar-refractivity contribution in [1.29, 1.82) is 0 Å². The highest BCUT2D eigenvalue weighted by Gasteiger charge is 2.29. The van der Waals surface area contributed by atoms with E-state index < -0.39 is 6.10 Å². The average molecular weight is 224 g/mol. The lowest BCUT2D eigenvalue weighted by Crippen LogP contribution is -2.34. The fourth-order valence-corrected chi connectivity index (χ4v) is 1.74. The van der Waals surface area contributed by atoms with Crippen LogP contribution in [0.2, 0.25) is 0 Å². The zero-order chi connectivity index (χ0) is 11.4. The predicted octanol–water partition coefficient (Wildman–Crippen LogP) is 1.14. The first-order valence-electron chi connectivity index (χ1n) is 5.33. The zero-order valence-corrected chi connectivity index (χ0v) is 9.26. The summed E-state index contributed by atoms with van der Waals surface area (Å²) in [6, 6.07) is 7.47. The van der Waals surface area contributed by atoms with Gasteiger partial charge in [0.2, 0.25) is 0 Å². The molecule has 0 spiro atoms. The van der Waals surface area contributed by atoms with Gasteiger partial charge in [-0.05, 0) is 6.07 Å². The van der Waals surface area contributed by atoms with E-state index in [1.807, 2.05) is 24.3 Å². The van der Waals surface area contributed by atoms with Gasteiger partial charge in [0.05, 0.1) is 13.2 Å². The summed E-state index contributed by atoms with van der Waals surface area (Å²) in [5.41, 5.74) is 0.788. The highest BCUT2D eigenvalue weighted by molar-refractivity contribution is 5.37. The Labute approximate surface area is 94.8 Å². The van der Waals surface area contributed by atoms with E-state index in [0.717, 1.165) is 11.3 Å². The average Bonchev–Trinajstić information content (AvgIpc) is 2.33. The molecular formula is C12H16O4. The molecule has 1 N–H and O–H groups in total. The van der Waals surface area contributed by atoms with E-state index in [9.17, 15) is 5.11 Å². The summed E-state index contributed by atoms with van der Waals surface area (Å²) in [7, 11) is 1.62. The molecule has 88 valence electrons. The van der Waals surface area contributed by atoms with Crippen molar-refractivity contribution in [1.82, 2.24) is 0 Å². The lowest BCUT2D eigenvalue weighted by Gasteiger charge is -2.30. The molecule has 4 nitrogen and oxygen atoms in total. The van der Waals surface area contributed by atoms with Crippen molar-refractivity contribution in [2.75, 3.05) is 26.9 Å². The molecule has 0 fully saturated rings. The van der Waals surface area contributed by atoms with Crippen LogP contribution in [0.1, 0.15) is 11.7 Å². The molecule has 0 aliphatic carbocycles. The van der Waals surface area contributed by atoms with Gasteiger partial charge >= 0.3 is 0 Å². The van der Waals surface area contributed by atoms with Crippen LogP contribution in [0.5, 0.6) is 5.75 Å². The topological polar surface area (TPSA) is 47.9 Å². The van der Waals surface area contributed by atoms with Crippen molar-refractivity contribution < 1.29 is 19.3 Å². The summed E-state index contributed by atoms with van der Waals surface area (Å²) >= 11 is 0. The summed E-state index contributed by atoms with van der Waals surface area (Å²) < 4.78 is 15.9. The summed E-state index contributed by atoms with van der Waals surface area (Å²) in [6.45, 7) is 1.36. The van der Waals surface area contributed by atoms with Gasteiger partial charge in [-0.15, -0.1) is 0 Å². The van der Waals surface area contributed by atoms with Crippen LogP contribution in [0.4, 0.5) is 0 Å². The minimum atomic E-state index is -0.623. The van der Waals surface area contributed by atoms with Crippen molar-refractivity contribution in [3.63, 3.8) is 0 Å². The first-order chi connectivity index (χ1) is 7.83. The van der Waals surface area contributed by atoms with E-state index in [1.165, 1.54) is 0 Å². The number of hydrogen-bond acceptors (Lipinski definition) is 4. The van der Waals surface area contributed by atoms with Crippen LogP contribution < -0.4 is 4.74 Å². The monoisotopic (exact) mass is 224 g/mol. The standard InChI is InChI=1S/C12H16O4/c1-14-6-7-15-11-8-16-10-5-3-2-4-9(10)12(11)13/h2-5,11-13H,6-8H2,1H3. The van der Waals surface area contributed by atoms with Crippen LogP contribution in [-0.2, 0) is 9.47 Å². The molecule has 1 aliphatic rings. The quantitative estimate of drug-likeness (QED) is 0.779. The second-order valence-corrected chi connectivity index (χ2v) is 3.70. The van der Waals surface area contributed by atoms with Crippen molar-refractivity contribution in [3.8, 4) is 5.75 Å². The summed E-state index contributed by atoms with van der Waals surface area (Å²) in [4.78, 5) is 0. The molecule has 0 aromatic heterocycles. The molecule has 0 bridgehead atoms. The van der Waals surface area contributed by atoms with E-state index in [4.69, 9.17) is 14.2 Å². The first kappa shape index (κ1) is 11.4. The maximum Gasteiger partial charge on any atom is 0.125 e. The van der Waals surface area contributed by atoms with Crippen LogP contribution in [0.25, 0.3) is 0 Å². The molecule has 16 heavy (non-hydrogen) atoms. The molecule has 1 aromatic rings. The van der Waals surface area contributed by atoms with Crippen LogP contribution in [0.15, 0.2) is 24.3 Å². The minimum Gasteiger partial charge on any atom is -0.490 e. The normalized spacial score (nSPS) is 23.6. The fourth-order valence-electron chi connectivity index (χ4n) is 1.74. The molecule has 0 saturated carbocycles. The molecule has 2 atom stereocenters. The van der Waals surface area contributed by atoms with E-state index in [2.05, 4.69) is 0 Å². The van der Waals surface area contributed by atoms with E-state index in [1.54, 1.807) is 7.11 Å². The van der Waals surface area contributed by atoms with Gasteiger partial charge in [0, 0.05) is 12.7 Å². The summed E-state index contributed by atoms with van der Waals surface area (Å²) in [6.07, 6.45) is -0.938. The smallest absolute Gasteiger partial charge is 0.125 e. The number of hydrogen-bond donors (Lipinski definition) is 1. The second kappa shape index (κ2) is 5.30. The number of benzene rings is 1. The number of fused-ring (bicyclic) bond motifs is 1. The molecule has 1 aliphatic heterocycles. The van der Waals surface area contributed by atoms with Gasteiger partial charge in [-0.3, -0.25) is 0 Å². The van der Waals surface area contributed by atoms with Crippen molar-refractivity contribution in [2.24, 2.45) is 0 Å². The summed E-state index contributed by atoms with van der Waals surface area (Å²) in [5.74, 6) is 0.738. The van der Waals surface area contributed by atoms with Gasteiger partial charge in [0.25, 0.3) is 0 Å². The lowest BCUT2D eigenvalue weighted by atomic mass is 10.0. The Morgan fingerprint density at radius 2 is 2.19 bits per heavy atom. The highest BCUT2D eigenvalue weighted by atomic mass is 16.6. The van der Waals surface area contributed by atoms with Gasteiger partial charge in [0.1, 0.15) is 24.6 Å². The zero-order valence-electron chi connectivity index (χ0n) is 9.26. The molecule has 0 saturated heterocycles. The molecule has 1 aromatic carbocycles. The second-order valence-electron chi connectivity index (χ2n) is 3.70. The Hall–Kier alpha value is -1.10. The molecule has 4 heteroatoms. The van der Waals surface area contributed by atoms with E-state index in [-0.39, 0.29) is 6.10 Å².